The van der Waals surface area contributed by atoms with E-state index in [0.29, 0.717) is 63.1 Å². The van der Waals surface area contributed by atoms with Gasteiger partial charge in [0, 0.05) is 98.6 Å². The molecule has 8 heterocycles. The highest BCUT2D eigenvalue weighted by molar-refractivity contribution is 5.71. The molecule has 4 aromatic heterocycles. The molecule has 0 saturated carbocycles. The van der Waals surface area contributed by atoms with Gasteiger partial charge in [0.25, 0.3) is 0 Å². The highest BCUT2D eigenvalue weighted by Gasteiger charge is 2.37. The molecule has 20 nitrogen and oxygen atoms in total. The standard InChI is InChI=1S/2C23H30N2O4.2C18H22N2O2/c1-23(2,3)29-22(27)25-10-9-20(25)16-28-21-13-19(14-24-15-21)18-8-4-6-17(12-18)7-5-11-26;1-23(2,3)29-22(27)25-11-10-20(25)16-28-21-13-19(14-24-15-21)18-8-6-17(7-9-18)5-4-12-26;21-8-2-4-14-3-1-5-15(9-14)16-10-18(12-19-11-16)22-13-17-6-7-20-17;21-9-1-2-14-3-5-15(6-4-14)16-10-18(12-19-11-16)22-13-17-7-8-20-17/h4,6,8,12-15,20,26H,5,7,9-11,16H2,1-3H3;6-9,13-15,20,26H,4-5,10-12,16H2,1-3H3;1,3,5,9-12,17,20-21H,2,4,6-8,13H2;3-6,10-12,17,20-21H,1-2,7-9,13H2/t2*20-;2*17-/m0000/s1. The van der Waals surface area contributed by atoms with E-state index < -0.39 is 11.2 Å². The SMILES string of the molecule is CC(C)(C)OC(=O)N1CC[C@H]1COc1cncc(-c2ccc(CCCO)cc2)c1.CC(C)(C)OC(=O)N1CC[C@H]1COc1cncc(-c2cccc(CCCO)c2)c1.OCCCc1ccc(-c2cncc(OC[C@@H]3CCN3)c2)cc1.OCCCc1cccc(-c2cncc(OC[C@@H]3CCN3)c2)c1. The van der Waals surface area contributed by atoms with Crippen molar-refractivity contribution in [2.75, 3.05) is 79.0 Å². The summed E-state index contributed by atoms with van der Waals surface area (Å²) in [7, 11) is 0. The Hall–Kier alpha value is -9.02. The zero-order valence-electron chi connectivity index (χ0n) is 60.2. The monoisotopic (exact) mass is 1390 g/mol. The molecule has 0 unspecified atom stereocenters. The van der Waals surface area contributed by atoms with Crippen molar-refractivity contribution < 1.29 is 58.4 Å². The predicted molar refractivity (Wildman–Crippen MR) is 398 cm³/mol. The Kier molecular flexibility index (Phi) is 29.8. The van der Waals surface area contributed by atoms with Crippen LogP contribution in [0.5, 0.6) is 23.0 Å². The van der Waals surface area contributed by atoms with Crippen LogP contribution in [-0.4, -0.2) is 177 Å². The second kappa shape index (κ2) is 39.4. The van der Waals surface area contributed by atoms with E-state index in [0.717, 1.165) is 133 Å². The number of hydrogen-bond acceptors (Lipinski definition) is 18. The summed E-state index contributed by atoms with van der Waals surface area (Å²) in [6.45, 7) is 17.9. The van der Waals surface area contributed by atoms with Gasteiger partial charge in [-0.2, -0.15) is 0 Å². The number of aliphatic hydroxyl groups excluding tert-OH is 4. The Morgan fingerprint density at radius 1 is 0.392 bits per heavy atom. The van der Waals surface area contributed by atoms with Crippen LogP contribution in [-0.2, 0) is 35.2 Å². The van der Waals surface area contributed by atoms with E-state index in [1.54, 1.807) is 34.6 Å². The highest BCUT2D eigenvalue weighted by Crippen LogP contribution is 2.31. The third-order valence-electron chi connectivity index (χ3n) is 17.6. The summed E-state index contributed by atoms with van der Waals surface area (Å²) in [6.07, 6.45) is 24.5. The van der Waals surface area contributed by atoms with Crippen molar-refractivity contribution in [2.45, 2.75) is 154 Å². The van der Waals surface area contributed by atoms with Gasteiger partial charge in [0.1, 0.15) is 60.6 Å². The summed E-state index contributed by atoms with van der Waals surface area (Å²) >= 11 is 0. The molecule has 4 saturated heterocycles. The molecule has 0 aliphatic carbocycles. The van der Waals surface area contributed by atoms with Crippen LogP contribution in [0, 0.1) is 0 Å². The molecule has 544 valence electrons. The average Bonchev–Trinajstić information content (AvgIpc) is 0.825. The number of nitrogens with one attached hydrogen (secondary N) is 2. The molecule has 2 amide bonds. The maximum atomic E-state index is 12.2. The zero-order chi connectivity index (χ0) is 72.1. The van der Waals surface area contributed by atoms with Gasteiger partial charge in [0.15, 0.2) is 0 Å². The number of carbonyl (C=O) groups is 2. The fraction of sp³-hybridized carbons (Fsp3) is 0.439. The van der Waals surface area contributed by atoms with Crippen LogP contribution in [0.4, 0.5) is 9.59 Å². The molecule has 102 heavy (non-hydrogen) atoms. The van der Waals surface area contributed by atoms with Crippen LogP contribution in [0.1, 0.15) is 115 Å². The molecular formula is C82H104N8O12. The van der Waals surface area contributed by atoms with E-state index in [2.05, 4.69) is 109 Å². The molecule has 4 aromatic carbocycles. The minimum Gasteiger partial charge on any atom is -0.490 e. The normalized spacial score (nSPS) is 16.6. The summed E-state index contributed by atoms with van der Waals surface area (Å²) in [4.78, 5) is 45.0. The lowest BCUT2D eigenvalue weighted by atomic mass is 10.0. The van der Waals surface area contributed by atoms with E-state index in [-0.39, 0.29) is 50.7 Å². The fourth-order valence-corrected chi connectivity index (χ4v) is 11.4. The summed E-state index contributed by atoms with van der Waals surface area (Å²) in [5.41, 5.74) is 12.4. The maximum absolute atomic E-state index is 12.2. The second-order valence-electron chi connectivity index (χ2n) is 28.1. The summed E-state index contributed by atoms with van der Waals surface area (Å²) < 4.78 is 34.3. The van der Waals surface area contributed by atoms with E-state index in [1.165, 1.54) is 35.1 Å². The molecule has 4 aliphatic rings. The molecule has 8 aromatic rings. The first-order valence-corrected chi connectivity index (χ1v) is 36.0. The second-order valence-corrected chi connectivity index (χ2v) is 28.1. The van der Waals surface area contributed by atoms with Gasteiger partial charge in [-0.1, -0.05) is 97.1 Å². The third kappa shape index (κ3) is 25.2. The fourth-order valence-electron chi connectivity index (χ4n) is 11.4. The van der Waals surface area contributed by atoms with Gasteiger partial charge in [-0.3, -0.25) is 19.9 Å². The Bertz CT molecular complexity index is 3840. The first-order chi connectivity index (χ1) is 49.4. The van der Waals surface area contributed by atoms with Crippen molar-refractivity contribution in [1.82, 2.24) is 40.4 Å². The van der Waals surface area contributed by atoms with Crippen LogP contribution in [0.2, 0.25) is 0 Å². The first-order valence-electron chi connectivity index (χ1n) is 36.0. The van der Waals surface area contributed by atoms with Crippen molar-refractivity contribution in [1.29, 1.82) is 0 Å². The van der Waals surface area contributed by atoms with Gasteiger partial charge in [-0.15, -0.1) is 0 Å². The number of nitrogens with zero attached hydrogens (tertiary/aromatic N) is 6. The highest BCUT2D eigenvalue weighted by atomic mass is 16.6. The van der Waals surface area contributed by atoms with Crippen LogP contribution in [0.15, 0.2) is 171 Å². The number of amides is 2. The molecular weight excluding hydrogens is 1290 g/mol. The van der Waals surface area contributed by atoms with Gasteiger partial charge in [0.05, 0.1) is 36.9 Å². The number of benzene rings is 4. The van der Waals surface area contributed by atoms with E-state index in [4.69, 9.17) is 48.8 Å². The van der Waals surface area contributed by atoms with Gasteiger partial charge in [-0.05, 0) is 200 Å². The van der Waals surface area contributed by atoms with Crippen molar-refractivity contribution in [3.8, 4) is 67.5 Å². The molecule has 0 bridgehead atoms. The van der Waals surface area contributed by atoms with Gasteiger partial charge in [0.2, 0.25) is 0 Å². The summed E-state index contributed by atoms with van der Waals surface area (Å²) in [5, 5.41) is 42.4. The number of aryl methyl sites for hydroxylation is 4. The molecule has 0 spiro atoms. The minimum atomic E-state index is -0.498. The maximum Gasteiger partial charge on any atom is 0.410 e. The minimum absolute atomic E-state index is 0.0234. The number of pyridine rings is 4. The van der Waals surface area contributed by atoms with E-state index in [1.807, 2.05) is 109 Å². The van der Waals surface area contributed by atoms with Crippen molar-refractivity contribution in [3.05, 3.63) is 193 Å². The number of aromatic nitrogens is 4. The van der Waals surface area contributed by atoms with Crippen LogP contribution in [0.3, 0.4) is 0 Å². The molecule has 20 heteroatoms. The first kappa shape index (κ1) is 77.1. The molecule has 0 radical (unpaired) electrons. The molecule has 4 fully saturated rings. The van der Waals surface area contributed by atoms with Crippen molar-refractivity contribution in [3.63, 3.8) is 0 Å². The van der Waals surface area contributed by atoms with E-state index in [9.17, 15) is 9.59 Å². The molecule has 4 atom stereocenters. The zero-order valence-corrected chi connectivity index (χ0v) is 60.2. The molecule has 4 aliphatic heterocycles. The topological polar surface area (TPSA) is 253 Å². The third-order valence-corrected chi connectivity index (χ3v) is 17.6. The Labute approximate surface area is 601 Å². The number of aliphatic hydroxyl groups is 4. The van der Waals surface area contributed by atoms with Gasteiger partial charge < -0.3 is 69.3 Å². The smallest absolute Gasteiger partial charge is 0.410 e. The molecule has 6 N–H and O–H groups in total. The van der Waals surface area contributed by atoms with Crippen molar-refractivity contribution >= 4 is 12.2 Å². The Morgan fingerprint density at radius 2 is 0.706 bits per heavy atom. The van der Waals surface area contributed by atoms with Crippen LogP contribution in [0.25, 0.3) is 44.5 Å². The van der Waals surface area contributed by atoms with E-state index >= 15 is 0 Å². The average molecular weight is 1390 g/mol. The quantitative estimate of drug-likeness (QED) is 0.0267. The van der Waals surface area contributed by atoms with Crippen molar-refractivity contribution in [2.24, 2.45) is 0 Å². The van der Waals surface area contributed by atoms with Gasteiger partial charge >= 0.3 is 12.2 Å². The predicted octanol–water partition coefficient (Wildman–Crippen LogP) is 13.0. The molecule has 12 rings (SSSR count). The number of likely N-dealkylation sites (tertiary alicyclic amines) is 2. The summed E-state index contributed by atoms with van der Waals surface area (Å²) in [6, 6.07) is 42.3. The van der Waals surface area contributed by atoms with Crippen LogP contribution >= 0.6 is 0 Å². The Morgan fingerprint density at radius 3 is 0.990 bits per heavy atom. The largest absolute Gasteiger partial charge is 0.490 e. The number of hydrogen-bond donors (Lipinski definition) is 6. The summed E-state index contributed by atoms with van der Waals surface area (Å²) in [5.74, 6) is 2.99. The Balaban J connectivity index is 0.000000159. The number of ether oxygens (including phenoxy) is 6. The lowest BCUT2D eigenvalue weighted by molar-refractivity contribution is -0.0149. The van der Waals surface area contributed by atoms with Crippen LogP contribution < -0.4 is 29.6 Å². The van der Waals surface area contributed by atoms with Gasteiger partial charge in [-0.25, -0.2) is 9.59 Å². The lowest BCUT2D eigenvalue weighted by Crippen LogP contribution is -2.55. The number of rotatable bonds is 28. The number of carbonyl (C=O) groups excluding carboxylic acids is 2. The lowest BCUT2D eigenvalue weighted by Gasteiger charge is -2.41.